The van der Waals surface area contributed by atoms with Gasteiger partial charge in [-0.15, -0.1) is 0 Å². The van der Waals surface area contributed by atoms with Gasteiger partial charge in [-0.2, -0.15) is 0 Å². The second-order valence-corrected chi connectivity index (χ2v) is 5.50. The minimum atomic E-state index is -0.423. The van der Waals surface area contributed by atoms with E-state index >= 15 is 0 Å². The molecule has 1 saturated heterocycles. The number of nitrogens with zero attached hydrogens (tertiary/aromatic N) is 2. The van der Waals surface area contributed by atoms with Crippen molar-refractivity contribution in [2.75, 3.05) is 18.4 Å². The molecular weight excluding hydrogens is 281 g/mol. The van der Waals surface area contributed by atoms with Crippen LogP contribution < -0.4 is 5.32 Å². The van der Waals surface area contributed by atoms with E-state index in [9.17, 15) is 9.18 Å². The number of rotatable bonds is 4. The van der Waals surface area contributed by atoms with E-state index in [1.165, 1.54) is 31.2 Å². The average molecular weight is 299 g/mol. The van der Waals surface area contributed by atoms with Crippen LogP contribution in [0.4, 0.5) is 10.2 Å². The summed E-state index contributed by atoms with van der Waals surface area (Å²) in [6, 6.07) is 9.97. The topological polar surface area (TPSA) is 45.2 Å². The van der Waals surface area contributed by atoms with Crippen molar-refractivity contribution in [3.63, 3.8) is 0 Å². The lowest BCUT2D eigenvalue weighted by Gasteiger charge is -2.15. The zero-order valence-electron chi connectivity index (χ0n) is 12.3. The molecule has 114 valence electrons. The number of carbonyl (C=O) groups excluding carboxylic acids is 1. The molecule has 1 aromatic heterocycles. The van der Waals surface area contributed by atoms with Gasteiger partial charge in [-0.1, -0.05) is 12.1 Å². The predicted octanol–water partition coefficient (Wildman–Crippen LogP) is 3.07. The summed E-state index contributed by atoms with van der Waals surface area (Å²) >= 11 is 0. The van der Waals surface area contributed by atoms with E-state index in [1.54, 1.807) is 6.07 Å². The first kappa shape index (κ1) is 14.7. The second-order valence-electron chi connectivity index (χ2n) is 5.50. The normalized spacial score (nSPS) is 15.0. The zero-order chi connectivity index (χ0) is 15.4. The van der Waals surface area contributed by atoms with Crippen molar-refractivity contribution >= 4 is 11.7 Å². The molecule has 0 bridgehead atoms. The second kappa shape index (κ2) is 6.66. The van der Waals surface area contributed by atoms with E-state index in [1.807, 2.05) is 18.2 Å². The van der Waals surface area contributed by atoms with Gasteiger partial charge in [-0.25, -0.2) is 9.37 Å². The van der Waals surface area contributed by atoms with Gasteiger partial charge in [0.05, 0.1) is 0 Å². The SMILES string of the molecule is O=C(Nc1cc(F)ccn1)c1cccc(CN2CCCC2)c1. The van der Waals surface area contributed by atoms with Crippen LogP contribution in [0.5, 0.6) is 0 Å². The number of benzene rings is 1. The highest BCUT2D eigenvalue weighted by Gasteiger charge is 2.13. The molecule has 4 nitrogen and oxygen atoms in total. The van der Waals surface area contributed by atoms with E-state index in [4.69, 9.17) is 0 Å². The number of anilines is 1. The van der Waals surface area contributed by atoms with Crippen LogP contribution >= 0.6 is 0 Å². The molecule has 0 unspecified atom stereocenters. The summed E-state index contributed by atoms with van der Waals surface area (Å²) in [4.78, 5) is 18.5. The Bertz CT molecular complexity index is 668. The lowest BCUT2D eigenvalue weighted by molar-refractivity contribution is 0.102. The van der Waals surface area contributed by atoms with Crippen LogP contribution in [-0.4, -0.2) is 28.9 Å². The smallest absolute Gasteiger partial charge is 0.256 e. The lowest BCUT2D eigenvalue weighted by Crippen LogP contribution is -2.19. The summed E-state index contributed by atoms with van der Waals surface area (Å²) in [6.07, 6.45) is 3.81. The number of amides is 1. The number of nitrogens with one attached hydrogen (secondary N) is 1. The van der Waals surface area contributed by atoms with Crippen molar-refractivity contribution in [1.82, 2.24) is 9.88 Å². The molecule has 0 atom stereocenters. The lowest BCUT2D eigenvalue weighted by atomic mass is 10.1. The van der Waals surface area contributed by atoms with Gasteiger partial charge in [0, 0.05) is 24.4 Å². The quantitative estimate of drug-likeness (QED) is 0.943. The van der Waals surface area contributed by atoms with Gasteiger partial charge in [0.15, 0.2) is 0 Å². The summed E-state index contributed by atoms with van der Waals surface area (Å²) < 4.78 is 13.1. The molecule has 0 saturated carbocycles. The van der Waals surface area contributed by atoms with Gasteiger partial charge in [0.25, 0.3) is 5.91 Å². The molecule has 1 amide bonds. The minimum Gasteiger partial charge on any atom is -0.306 e. The summed E-state index contributed by atoms with van der Waals surface area (Å²) in [5.74, 6) is -0.482. The number of hydrogen-bond donors (Lipinski definition) is 1. The van der Waals surface area contributed by atoms with Crippen molar-refractivity contribution in [3.05, 3.63) is 59.5 Å². The van der Waals surface area contributed by atoms with E-state index < -0.39 is 5.82 Å². The van der Waals surface area contributed by atoms with E-state index in [2.05, 4.69) is 15.2 Å². The van der Waals surface area contributed by atoms with Crippen LogP contribution in [0.15, 0.2) is 42.6 Å². The summed E-state index contributed by atoms with van der Waals surface area (Å²) in [7, 11) is 0. The van der Waals surface area contributed by atoms with Crippen molar-refractivity contribution in [3.8, 4) is 0 Å². The van der Waals surface area contributed by atoms with Crippen LogP contribution in [0.1, 0.15) is 28.8 Å². The van der Waals surface area contributed by atoms with Crippen LogP contribution in [-0.2, 0) is 6.54 Å². The van der Waals surface area contributed by atoms with E-state index in [0.29, 0.717) is 5.56 Å². The first-order chi connectivity index (χ1) is 10.7. The fourth-order valence-electron chi connectivity index (χ4n) is 2.67. The molecule has 0 radical (unpaired) electrons. The fraction of sp³-hybridized carbons (Fsp3) is 0.294. The molecule has 3 rings (SSSR count). The summed E-state index contributed by atoms with van der Waals surface area (Å²) in [5, 5.41) is 2.62. The molecule has 1 aromatic carbocycles. The van der Waals surface area contributed by atoms with Gasteiger partial charge in [0.2, 0.25) is 0 Å². The Kier molecular flexibility index (Phi) is 4.44. The van der Waals surface area contributed by atoms with Gasteiger partial charge in [-0.05, 0) is 49.7 Å². The molecule has 0 aliphatic carbocycles. The van der Waals surface area contributed by atoms with Crippen LogP contribution in [0.25, 0.3) is 0 Å². The molecule has 1 aliphatic heterocycles. The predicted molar refractivity (Wildman–Crippen MR) is 83.1 cm³/mol. The highest BCUT2D eigenvalue weighted by molar-refractivity contribution is 6.03. The molecule has 2 aromatic rings. The number of aromatic nitrogens is 1. The van der Waals surface area contributed by atoms with Crippen molar-refractivity contribution in [1.29, 1.82) is 0 Å². The van der Waals surface area contributed by atoms with Crippen LogP contribution in [0, 0.1) is 5.82 Å². The monoisotopic (exact) mass is 299 g/mol. The summed E-state index contributed by atoms with van der Waals surface area (Å²) in [5.41, 5.74) is 1.67. The van der Waals surface area contributed by atoms with Gasteiger partial charge >= 0.3 is 0 Å². The van der Waals surface area contributed by atoms with E-state index in [-0.39, 0.29) is 11.7 Å². The minimum absolute atomic E-state index is 0.218. The Morgan fingerprint density at radius 3 is 2.82 bits per heavy atom. The third kappa shape index (κ3) is 3.68. The maximum absolute atomic E-state index is 13.1. The number of halogens is 1. The molecule has 1 N–H and O–H groups in total. The number of carbonyl (C=O) groups is 1. The molecule has 0 spiro atoms. The standard InChI is InChI=1S/C17H18FN3O/c18-15-6-7-19-16(11-15)20-17(22)14-5-3-4-13(10-14)12-21-8-1-2-9-21/h3-7,10-11H,1-2,8-9,12H2,(H,19,20,22). The average Bonchev–Trinajstić information content (AvgIpc) is 3.00. The molecule has 22 heavy (non-hydrogen) atoms. The van der Waals surface area contributed by atoms with Crippen molar-refractivity contribution < 1.29 is 9.18 Å². The van der Waals surface area contributed by atoms with Crippen molar-refractivity contribution in [2.24, 2.45) is 0 Å². The maximum atomic E-state index is 13.1. The zero-order valence-corrected chi connectivity index (χ0v) is 12.3. The third-order valence-corrected chi connectivity index (χ3v) is 3.76. The third-order valence-electron chi connectivity index (χ3n) is 3.76. The molecular formula is C17H18FN3O. The molecule has 5 heteroatoms. The first-order valence-electron chi connectivity index (χ1n) is 7.45. The van der Waals surface area contributed by atoms with Crippen LogP contribution in [0.2, 0.25) is 0 Å². The molecule has 1 aliphatic rings. The number of likely N-dealkylation sites (tertiary alicyclic amines) is 1. The molecule has 1 fully saturated rings. The number of hydrogen-bond acceptors (Lipinski definition) is 3. The Morgan fingerprint density at radius 2 is 2.05 bits per heavy atom. The Hall–Kier alpha value is -2.27. The maximum Gasteiger partial charge on any atom is 0.256 e. The van der Waals surface area contributed by atoms with Crippen LogP contribution in [0.3, 0.4) is 0 Å². The van der Waals surface area contributed by atoms with Gasteiger partial charge < -0.3 is 5.32 Å². The Labute approximate surface area is 129 Å². The number of pyridine rings is 1. The highest BCUT2D eigenvalue weighted by atomic mass is 19.1. The fourth-order valence-corrected chi connectivity index (χ4v) is 2.67. The Morgan fingerprint density at radius 1 is 1.23 bits per heavy atom. The highest BCUT2D eigenvalue weighted by Crippen LogP contribution is 2.15. The first-order valence-corrected chi connectivity index (χ1v) is 7.45. The Balaban J connectivity index is 1.69. The van der Waals surface area contributed by atoms with Gasteiger partial charge in [-0.3, -0.25) is 9.69 Å². The van der Waals surface area contributed by atoms with E-state index in [0.717, 1.165) is 25.2 Å². The largest absolute Gasteiger partial charge is 0.306 e. The summed E-state index contributed by atoms with van der Waals surface area (Å²) in [6.45, 7) is 3.09. The molecule has 2 heterocycles. The van der Waals surface area contributed by atoms with Crippen molar-refractivity contribution in [2.45, 2.75) is 19.4 Å². The van der Waals surface area contributed by atoms with Gasteiger partial charge in [0.1, 0.15) is 11.6 Å².